The van der Waals surface area contributed by atoms with Crippen LogP contribution in [0.25, 0.3) is 0 Å². The first kappa shape index (κ1) is 17.7. The van der Waals surface area contributed by atoms with Gasteiger partial charge in [0, 0.05) is 12.7 Å². The average molecular weight is 340 g/mol. The number of amides is 2. The third-order valence-corrected chi connectivity index (χ3v) is 6.70. The van der Waals surface area contributed by atoms with Crippen LogP contribution >= 0.6 is 0 Å². The van der Waals surface area contributed by atoms with Crippen LogP contribution in [0, 0.1) is 0 Å². The lowest BCUT2D eigenvalue weighted by atomic mass is 10.3. The molecule has 1 fully saturated rings. The number of sulfone groups is 1. The van der Waals surface area contributed by atoms with Gasteiger partial charge < -0.3 is 15.3 Å². The van der Waals surface area contributed by atoms with Crippen LogP contribution in [0.3, 0.4) is 0 Å². The van der Waals surface area contributed by atoms with E-state index in [1.54, 1.807) is 38.2 Å². The molecule has 1 saturated carbocycles. The van der Waals surface area contributed by atoms with E-state index < -0.39 is 9.84 Å². The standard InChI is InChI=1S/C16H24N2O4S/c1-12(11-19)18(2)16(20)17-13-7-9-15(10-8-13)23(21,22)14-5-3-4-6-14/h7-10,12,14,19H,3-6,11H2,1-2H3,(H,17,20)/t12-/m1/s1. The van der Waals surface area contributed by atoms with Crippen LogP contribution in [0.4, 0.5) is 10.5 Å². The van der Waals surface area contributed by atoms with Crippen LogP contribution < -0.4 is 5.32 Å². The highest BCUT2D eigenvalue weighted by atomic mass is 32.2. The van der Waals surface area contributed by atoms with Gasteiger partial charge in [-0.25, -0.2) is 13.2 Å². The minimum absolute atomic E-state index is 0.123. The zero-order valence-corrected chi connectivity index (χ0v) is 14.3. The molecule has 128 valence electrons. The lowest BCUT2D eigenvalue weighted by Gasteiger charge is -2.23. The monoisotopic (exact) mass is 340 g/mol. The summed E-state index contributed by atoms with van der Waals surface area (Å²) in [5, 5.41) is 11.5. The zero-order chi connectivity index (χ0) is 17.0. The van der Waals surface area contributed by atoms with E-state index in [0.29, 0.717) is 10.6 Å². The molecule has 2 amide bonds. The number of aliphatic hydroxyl groups excluding tert-OH is 1. The molecule has 0 radical (unpaired) electrons. The number of carbonyl (C=O) groups excluding carboxylic acids is 1. The zero-order valence-electron chi connectivity index (χ0n) is 13.5. The topological polar surface area (TPSA) is 86.7 Å². The summed E-state index contributed by atoms with van der Waals surface area (Å²) in [6, 6.07) is 5.63. The number of benzene rings is 1. The molecule has 1 aliphatic rings. The number of carbonyl (C=O) groups is 1. The van der Waals surface area contributed by atoms with Gasteiger partial charge in [0.15, 0.2) is 9.84 Å². The predicted octanol–water partition coefficient (Wildman–Crippen LogP) is 2.25. The fourth-order valence-electron chi connectivity index (χ4n) is 2.65. The maximum Gasteiger partial charge on any atom is 0.321 e. The molecule has 2 rings (SSSR count). The van der Waals surface area contributed by atoms with Gasteiger partial charge in [-0.1, -0.05) is 12.8 Å². The van der Waals surface area contributed by atoms with E-state index >= 15 is 0 Å². The summed E-state index contributed by atoms with van der Waals surface area (Å²) >= 11 is 0. The molecule has 0 aliphatic heterocycles. The maximum atomic E-state index is 12.5. The molecule has 6 nitrogen and oxygen atoms in total. The van der Waals surface area contributed by atoms with Crippen molar-refractivity contribution in [3.8, 4) is 0 Å². The van der Waals surface area contributed by atoms with Crippen molar-refractivity contribution in [2.75, 3.05) is 19.0 Å². The Labute approximate surface area is 137 Å². The lowest BCUT2D eigenvalue weighted by Crippen LogP contribution is -2.40. The summed E-state index contributed by atoms with van der Waals surface area (Å²) < 4.78 is 25.0. The highest BCUT2D eigenvalue weighted by molar-refractivity contribution is 7.92. The number of nitrogens with one attached hydrogen (secondary N) is 1. The van der Waals surface area contributed by atoms with Crippen molar-refractivity contribution in [1.29, 1.82) is 0 Å². The first-order valence-electron chi connectivity index (χ1n) is 7.85. The number of hydrogen-bond acceptors (Lipinski definition) is 4. The van der Waals surface area contributed by atoms with E-state index in [2.05, 4.69) is 5.32 Å². The van der Waals surface area contributed by atoms with Crippen molar-refractivity contribution >= 4 is 21.6 Å². The quantitative estimate of drug-likeness (QED) is 0.861. The van der Waals surface area contributed by atoms with Gasteiger partial charge in [0.05, 0.1) is 22.8 Å². The summed E-state index contributed by atoms with van der Waals surface area (Å²) in [7, 11) is -1.68. The largest absolute Gasteiger partial charge is 0.394 e. The number of likely N-dealkylation sites (N-methyl/N-ethyl adjacent to an activating group) is 1. The summed E-state index contributed by atoms with van der Waals surface area (Å²) in [5.74, 6) is 0. The smallest absolute Gasteiger partial charge is 0.321 e. The first-order valence-corrected chi connectivity index (χ1v) is 9.39. The van der Waals surface area contributed by atoms with Crippen LogP contribution in [0.2, 0.25) is 0 Å². The van der Waals surface area contributed by atoms with Gasteiger partial charge in [-0.05, 0) is 44.0 Å². The van der Waals surface area contributed by atoms with Crippen LogP contribution in [0.1, 0.15) is 32.6 Å². The van der Waals surface area contributed by atoms with Gasteiger partial charge >= 0.3 is 6.03 Å². The lowest BCUT2D eigenvalue weighted by molar-refractivity contribution is 0.166. The van der Waals surface area contributed by atoms with E-state index in [1.165, 1.54) is 4.90 Å². The number of hydrogen-bond donors (Lipinski definition) is 2. The molecule has 0 aromatic heterocycles. The molecule has 0 bridgehead atoms. The van der Waals surface area contributed by atoms with Crippen molar-refractivity contribution in [3.05, 3.63) is 24.3 Å². The normalized spacial score (nSPS) is 17.0. The fraction of sp³-hybridized carbons (Fsp3) is 0.562. The summed E-state index contributed by atoms with van der Waals surface area (Å²) in [5.41, 5.74) is 0.525. The van der Waals surface area contributed by atoms with Crippen molar-refractivity contribution in [1.82, 2.24) is 4.90 Å². The Hall–Kier alpha value is -1.60. The van der Waals surface area contributed by atoms with Crippen molar-refractivity contribution < 1.29 is 18.3 Å². The van der Waals surface area contributed by atoms with Crippen molar-refractivity contribution in [3.63, 3.8) is 0 Å². The van der Waals surface area contributed by atoms with E-state index in [4.69, 9.17) is 5.11 Å². The van der Waals surface area contributed by atoms with E-state index in [9.17, 15) is 13.2 Å². The molecule has 1 aromatic carbocycles. The summed E-state index contributed by atoms with van der Waals surface area (Å²) in [4.78, 5) is 13.7. The molecule has 1 aromatic rings. The van der Waals surface area contributed by atoms with Crippen molar-refractivity contribution in [2.45, 2.75) is 48.8 Å². The van der Waals surface area contributed by atoms with Crippen LogP contribution in [0.5, 0.6) is 0 Å². The number of anilines is 1. The molecule has 1 atom stereocenters. The Morgan fingerprint density at radius 3 is 2.39 bits per heavy atom. The second-order valence-corrected chi connectivity index (χ2v) is 8.28. The predicted molar refractivity (Wildman–Crippen MR) is 89.2 cm³/mol. The second kappa shape index (κ2) is 7.31. The molecule has 0 unspecified atom stereocenters. The van der Waals surface area contributed by atoms with E-state index in [-0.39, 0.29) is 23.9 Å². The summed E-state index contributed by atoms with van der Waals surface area (Å²) in [6.45, 7) is 1.61. The van der Waals surface area contributed by atoms with Crippen LogP contribution in [-0.2, 0) is 9.84 Å². The number of urea groups is 1. The Bertz CT molecular complexity index is 637. The molecule has 7 heteroatoms. The molecular formula is C16H24N2O4S. The van der Waals surface area contributed by atoms with Crippen molar-refractivity contribution in [2.24, 2.45) is 0 Å². The highest BCUT2D eigenvalue weighted by Crippen LogP contribution is 2.30. The highest BCUT2D eigenvalue weighted by Gasteiger charge is 2.30. The van der Waals surface area contributed by atoms with Gasteiger partial charge in [0.1, 0.15) is 0 Å². The number of nitrogens with zero attached hydrogens (tertiary/aromatic N) is 1. The first-order chi connectivity index (χ1) is 10.9. The minimum atomic E-state index is -3.27. The second-order valence-electron chi connectivity index (χ2n) is 6.05. The Kier molecular flexibility index (Phi) is 5.64. The summed E-state index contributed by atoms with van der Waals surface area (Å²) in [6.07, 6.45) is 3.39. The number of aliphatic hydroxyl groups is 1. The van der Waals surface area contributed by atoms with E-state index in [0.717, 1.165) is 25.7 Å². The molecule has 0 spiro atoms. The molecule has 0 saturated heterocycles. The van der Waals surface area contributed by atoms with Gasteiger partial charge in [-0.15, -0.1) is 0 Å². The van der Waals surface area contributed by atoms with Gasteiger partial charge in [0.25, 0.3) is 0 Å². The molecular weight excluding hydrogens is 316 g/mol. The average Bonchev–Trinajstić information content (AvgIpc) is 3.09. The maximum absolute atomic E-state index is 12.5. The fourth-order valence-corrected chi connectivity index (χ4v) is 4.51. The van der Waals surface area contributed by atoms with Crippen LogP contribution in [0.15, 0.2) is 29.2 Å². The third kappa shape index (κ3) is 4.03. The Morgan fingerprint density at radius 1 is 1.30 bits per heavy atom. The number of rotatable bonds is 5. The molecule has 0 heterocycles. The Morgan fingerprint density at radius 2 is 1.87 bits per heavy atom. The Balaban J connectivity index is 2.06. The van der Waals surface area contributed by atoms with E-state index in [1.807, 2.05) is 0 Å². The molecule has 23 heavy (non-hydrogen) atoms. The molecule has 1 aliphatic carbocycles. The minimum Gasteiger partial charge on any atom is -0.394 e. The van der Waals surface area contributed by atoms with Gasteiger partial charge in [-0.3, -0.25) is 0 Å². The van der Waals surface area contributed by atoms with Gasteiger partial charge in [-0.2, -0.15) is 0 Å². The van der Waals surface area contributed by atoms with Crippen LogP contribution in [-0.4, -0.2) is 49.4 Å². The SMILES string of the molecule is C[C@H](CO)N(C)C(=O)Nc1ccc(S(=O)(=O)C2CCCC2)cc1. The molecule has 2 N–H and O–H groups in total. The third-order valence-electron chi connectivity index (χ3n) is 4.42. The van der Waals surface area contributed by atoms with Gasteiger partial charge in [0.2, 0.25) is 0 Å².